The fraction of sp³-hybridized carbons (Fsp3) is 0.611. The second-order valence-electron chi connectivity index (χ2n) is 6.47. The van der Waals surface area contributed by atoms with E-state index >= 15 is 0 Å². The summed E-state index contributed by atoms with van der Waals surface area (Å²) in [6.07, 6.45) is 2.64. The lowest BCUT2D eigenvalue weighted by Crippen LogP contribution is -2.38. The summed E-state index contributed by atoms with van der Waals surface area (Å²) in [5.74, 6) is 0.285. The first-order chi connectivity index (χ1) is 11.4. The normalized spacial score (nSPS) is 16.8. The molecule has 1 aliphatic rings. The highest BCUT2D eigenvalue weighted by atomic mass is 32.2. The highest BCUT2D eigenvalue weighted by Crippen LogP contribution is 2.12. The average molecular weight is 353 g/mol. The third-order valence-electron chi connectivity index (χ3n) is 4.43. The molecule has 1 aromatic rings. The minimum absolute atomic E-state index is 0.0756. The Kier molecular flexibility index (Phi) is 6.80. The number of carbonyl (C=O) groups excluding carboxylic acids is 1. The third-order valence-corrected chi connectivity index (χ3v) is 6.39. The molecule has 6 heteroatoms. The largest absolute Gasteiger partial charge is 0.341 e. The van der Waals surface area contributed by atoms with Gasteiger partial charge in [0.05, 0.1) is 12.2 Å². The third kappa shape index (κ3) is 5.31. The molecule has 1 amide bonds. The minimum Gasteiger partial charge on any atom is -0.341 e. The van der Waals surface area contributed by atoms with Gasteiger partial charge in [0.2, 0.25) is 15.9 Å². The number of rotatable bonds is 6. The number of hydrogen-bond donors (Lipinski definition) is 0. The first-order valence-electron chi connectivity index (χ1n) is 8.73. The van der Waals surface area contributed by atoms with Crippen molar-refractivity contribution in [1.82, 2.24) is 9.21 Å². The summed E-state index contributed by atoms with van der Waals surface area (Å²) >= 11 is 0. The Balaban J connectivity index is 1.92. The minimum atomic E-state index is -3.19. The Hall–Kier alpha value is -1.40. The molecule has 24 heavy (non-hydrogen) atoms. The van der Waals surface area contributed by atoms with Crippen molar-refractivity contribution in [3.8, 4) is 0 Å². The van der Waals surface area contributed by atoms with E-state index in [0.717, 1.165) is 12.0 Å². The molecule has 1 fully saturated rings. The maximum absolute atomic E-state index is 12.5. The van der Waals surface area contributed by atoms with Crippen LogP contribution >= 0.6 is 0 Å². The number of nitrogens with zero attached hydrogens (tertiary/aromatic N) is 2. The van der Waals surface area contributed by atoms with Gasteiger partial charge >= 0.3 is 0 Å². The van der Waals surface area contributed by atoms with Gasteiger partial charge in [-0.3, -0.25) is 4.79 Å². The highest BCUT2D eigenvalue weighted by molar-refractivity contribution is 7.89. The van der Waals surface area contributed by atoms with Crippen molar-refractivity contribution >= 4 is 15.9 Å². The van der Waals surface area contributed by atoms with Gasteiger partial charge in [-0.1, -0.05) is 43.2 Å². The van der Waals surface area contributed by atoms with E-state index in [2.05, 4.69) is 0 Å². The number of unbranched alkanes of at least 4 members (excludes halogenated alkanes) is 1. The van der Waals surface area contributed by atoms with Gasteiger partial charge in [-0.05, 0) is 25.3 Å². The summed E-state index contributed by atoms with van der Waals surface area (Å²) in [6, 6.07) is 7.97. The monoisotopic (exact) mass is 352 g/mol. The molecule has 0 bridgehead atoms. The summed E-state index contributed by atoms with van der Waals surface area (Å²) in [4.78, 5) is 14.3. The topological polar surface area (TPSA) is 57.7 Å². The van der Waals surface area contributed by atoms with Crippen molar-refractivity contribution in [3.05, 3.63) is 35.4 Å². The lowest BCUT2D eigenvalue weighted by Gasteiger charge is -2.22. The Morgan fingerprint density at radius 1 is 1.08 bits per heavy atom. The summed E-state index contributed by atoms with van der Waals surface area (Å²) in [6.45, 7) is 6.05. The Morgan fingerprint density at radius 3 is 2.46 bits per heavy atom. The molecule has 0 aliphatic carbocycles. The number of sulfonamides is 1. The van der Waals surface area contributed by atoms with Gasteiger partial charge in [0.1, 0.15) is 0 Å². The lowest BCUT2D eigenvalue weighted by atomic mass is 10.1. The molecule has 0 unspecified atom stereocenters. The van der Waals surface area contributed by atoms with E-state index in [0.29, 0.717) is 45.4 Å². The molecule has 1 saturated heterocycles. The standard InChI is InChI=1S/C18H28N2O3S/c1-3-4-14-24(22,23)20-11-5-10-19(12-13-20)18(21)15-17-8-6-16(2)7-9-17/h6-9H,3-5,10-15H2,1-2H3. The first kappa shape index (κ1) is 18.9. The van der Waals surface area contributed by atoms with Gasteiger partial charge in [-0.15, -0.1) is 0 Å². The maximum Gasteiger partial charge on any atom is 0.227 e. The van der Waals surface area contributed by atoms with Crippen LogP contribution in [0.3, 0.4) is 0 Å². The molecule has 134 valence electrons. The van der Waals surface area contributed by atoms with Gasteiger partial charge in [0.15, 0.2) is 0 Å². The van der Waals surface area contributed by atoms with E-state index in [9.17, 15) is 13.2 Å². The van der Waals surface area contributed by atoms with Crippen molar-refractivity contribution in [2.75, 3.05) is 31.9 Å². The second kappa shape index (κ2) is 8.62. The zero-order valence-electron chi connectivity index (χ0n) is 14.7. The zero-order valence-corrected chi connectivity index (χ0v) is 15.5. The zero-order chi connectivity index (χ0) is 17.6. The number of hydrogen-bond acceptors (Lipinski definition) is 3. The van der Waals surface area contributed by atoms with Gasteiger partial charge < -0.3 is 4.90 Å². The van der Waals surface area contributed by atoms with E-state index in [1.165, 1.54) is 5.56 Å². The smallest absolute Gasteiger partial charge is 0.227 e. The van der Waals surface area contributed by atoms with E-state index in [4.69, 9.17) is 0 Å². The summed E-state index contributed by atoms with van der Waals surface area (Å²) in [7, 11) is -3.19. The van der Waals surface area contributed by atoms with Gasteiger partial charge in [-0.25, -0.2) is 12.7 Å². The van der Waals surface area contributed by atoms with Crippen molar-refractivity contribution in [3.63, 3.8) is 0 Å². The van der Waals surface area contributed by atoms with Crippen LogP contribution in [0.5, 0.6) is 0 Å². The summed E-state index contributed by atoms with van der Waals surface area (Å²) in [5, 5.41) is 0. The molecule has 2 rings (SSSR count). The van der Waals surface area contributed by atoms with Gasteiger partial charge in [0, 0.05) is 26.2 Å². The summed E-state index contributed by atoms with van der Waals surface area (Å²) < 4.78 is 26.2. The molecule has 5 nitrogen and oxygen atoms in total. The van der Waals surface area contributed by atoms with Crippen molar-refractivity contribution < 1.29 is 13.2 Å². The van der Waals surface area contributed by atoms with Crippen LogP contribution < -0.4 is 0 Å². The van der Waals surface area contributed by atoms with Crippen LogP contribution in [0.4, 0.5) is 0 Å². The lowest BCUT2D eigenvalue weighted by molar-refractivity contribution is -0.130. The van der Waals surface area contributed by atoms with E-state index in [-0.39, 0.29) is 11.7 Å². The van der Waals surface area contributed by atoms with Crippen LogP contribution in [-0.2, 0) is 21.2 Å². The number of amides is 1. The molecular weight excluding hydrogens is 324 g/mol. The van der Waals surface area contributed by atoms with Crippen LogP contribution in [0.1, 0.15) is 37.3 Å². The molecule has 0 saturated carbocycles. The van der Waals surface area contributed by atoms with Crippen LogP contribution in [0, 0.1) is 6.92 Å². The predicted octanol–water partition coefficient (Wildman–Crippen LogP) is 2.20. The molecular formula is C18H28N2O3S. The van der Waals surface area contributed by atoms with Crippen molar-refractivity contribution in [1.29, 1.82) is 0 Å². The highest BCUT2D eigenvalue weighted by Gasteiger charge is 2.26. The number of aryl methyl sites for hydroxylation is 1. The Bertz CT molecular complexity index is 641. The number of carbonyl (C=O) groups is 1. The van der Waals surface area contributed by atoms with E-state index < -0.39 is 10.0 Å². The van der Waals surface area contributed by atoms with Crippen LogP contribution in [0.15, 0.2) is 24.3 Å². The van der Waals surface area contributed by atoms with Gasteiger partial charge in [-0.2, -0.15) is 0 Å². The molecule has 1 aromatic carbocycles. The number of benzene rings is 1. The van der Waals surface area contributed by atoms with Crippen molar-refractivity contribution in [2.24, 2.45) is 0 Å². The average Bonchev–Trinajstić information content (AvgIpc) is 2.82. The van der Waals surface area contributed by atoms with Gasteiger partial charge in [0.25, 0.3) is 0 Å². The Morgan fingerprint density at radius 2 is 1.79 bits per heavy atom. The molecule has 0 aromatic heterocycles. The molecule has 0 atom stereocenters. The van der Waals surface area contributed by atoms with Crippen LogP contribution in [0.2, 0.25) is 0 Å². The van der Waals surface area contributed by atoms with Crippen molar-refractivity contribution in [2.45, 2.75) is 39.5 Å². The molecule has 0 N–H and O–H groups in total. The predicted molar refractivity (Wildman–Crippen MR) is 96.3 cm³/mol. The van der Waals surface area contributed by atoms with E-state index in [1.54, 1.807) is 9.21 Å². The molecule has 0 spiro atoms. The second-order valence-corrected chi connectivity index (χ2v) is 8.55. The maximum atomic E-state index is 12.5. The first-order valence-corrected chi connectivity index (χ1v) is 10.3. The quantitative estimate of drug-likeness (QED) is 0.789. The SMILES string of the molecule is CCCCS(=O)(=O)N1CCCN(C(=O)Cc2ccc(C)cc2)CC1. The molecule has 0 radical (unpaired) electrons. The fourth-order valence-corrected chi connectivity index (χ4v) is 4.55. The van der Waals surface area contributed by atoms with Crippen LogP contribution in [-0.4, -0.2) is 55.5 Å². The molecule has 1 aliphatic heterocycles. The van der Waals surface area contributed by atoms with Crippen LogP contribution in [0.25, 0.3) is 0 Å². The molecule has 1 heterocycles. The van der Waals surface area contributed by atoms with E-state index in [1.807, 2.05) is 38.1 Å². The summed E-state index contributed by atoms with van der Waals surface area (Å²) in [5.41, 5.74) is 2.18. The Labute approximate surface area is 145 Å². The fourth-order valence-electron chi connectivity index (χ4n) is 2.87.